The summed E-state index contributed by atoms with van der Waals surface area (Å²) in [5.74, 6) is 1.90. The van der Waals surface area contributed by atoms with Crippen LogP contribution >= 0.6 is 15.9 Å². The maximum atomic E-state index is 13.8. The van der Waals surface area contributed by atoms with E-state index in [4.69, 9.17) is 18.9 Å². The van der Waals surface area contributed by atoms with Crippen LogP contribution in [0.2, 0.25) is 0 Å². The molecule has 0 saturated heterocycles. The summed E-state index contributed by atoms with van der Waals surface area (Å²) in [5.41, 5.74) is 3.58. The van der Waals surface area contributed by atoms with Crippen molar-refractivity contribution in [1.29, 1.82) is 0 Å². The van der Waals surface area contributed by atoms with Gasteiger partial charge in [0.05, 0.1) is 24.2 Å². The van der Waals surface area contributed by atoms with E-state index in [-0.39, 0.29) is 5.56 Å². The molecule has 7 nitrogen and oxygen atoms in total. The minimum Gasteiger partial charge on any atom is -0.493 e. The molecule has 0 saturated carbocycles. The number of methoxy groups -OCH3 is 1. The monoisotopic (exact) mass is 669 g/mol. The second-order valence-corrected chi connectivity index (χ2v) is 11.7. The van der Waals surface area contributed by atoms with Crippen LogP contribution in [-0.2, 0) is 13.0 Å². The van der Waals surface area contributed by atoms with Gasteiger partial charge in [-0.25, -0.2) is 4.98 Å². The minimum absolute atomic E-state index is 0.292. The first-order valence-corrected chi connectivity index (χ1v) is 15.5. The van der Waals surface area contributed by atoms with Gasteiger partial charge in [0.15, 0.2) is 17.3 Å². The van der Waals surface area contributed by atoms with Gasteiger partial charge in [-0.05, 0) is 76.9 Å². The van der Waals surface area contributed by atoms with Gasteiger partial charge in [0.2, 0.25) is 5.82 Å². The number of nitrogens with zero attached hydrogens (tertiary/aromatic N) is 3. The maximum absolute atomic E-state index is 13.8. The van der Waals surface area contributed by atoms with Crippen LogP contribution in [0.5, 0.6) is 11.5 Å². The predicted octanol–water partition coefficient (Wildman–Crippen LogP) is 8.92. The number of hydrogen-bond acceptors (Lipinski definition) is 6. The van der Waals surface area contributed by atoms with Crippen LogP contribution in [0, 0.1) is 0 Å². The number of benzene rings is 5. The lowest BCUT2D eigenvalue weighted by Gasteiger charge is -2.16. The molecule has 0 aliphatic rings. The lowest BCUT2D eigenvalue weighted by atomic mass is 10.0. The Balaban J connectivity index is 1.29. The Kier molecular flexibility index (Phi) is 7.95. The highest BCUT2D eigenvalue weighted by Crippen LogP contribution is 2.35. The summed E-state index contributed by atoms with van der Waals surface area (Å²) < 4.78 is 20.5. The van der Waals surface area contributed by atoms with E-state index in [2.05, 4.69) is 51.9 Å². The van der Waals surface area contributed by atoms with Crippen molar-refractivity contribution >= 4 is 54.8 Å². The molecule has 0 amide bonds. The maximum Gasteiger partial charge on any atom is 0.282 e. The molecule has 5 aromatic carbocycles. The Morgan fingerprint density at radius 1 is 0.913 bits per heavy atom. The second kappa shape index (κ2) is 12.5. The fraction of sp³-hybridized carbons (Fsp3) is 0.0789. The van der Waals surface area contributed by atoms with E-state index in [1.165, 1.54) is 4.68 Å². The largest absolute Gasteiger partial charge is 0.493 e. The van der Waals surface area contributed by atoms with Crippen molar-refractivity contribution in [2.45, 2.75) is 13.0 Å². The summed E-state index contributed by atoms with van der Waals surface area (Å²) >= 11 is 3.51. The van der Waals surface area contributed by atoms with Gasteiger partial charge in [0.25, 0.3) is 5.56 Å². The molecule has 7 rings (SSSR count). The standard InChI is InChI=1S/C38H28BrN3O4/c1-3-9-26-18-24(19-34(44-2)36(26)45-23-27-12-8-11-25-10-4-5-13-30(25)27)22-40-42-37(41-32-15-7-6-14-31(32)38(42)43)35-21-28-20-29(39)16-17-33(28)46-35/h3-8,10-22H,1,9,23H2,2H3. The summed E-state index contributed by atoms with van der Waals surface area (Å²) in [7, 11) is 1.61. The Morgan fingerprint density at radius 2 is 1.72 bits per heavy atom. The van der Waals surface area contributed by atoms with E-state index in [0.29, 0.717) is 58.2 Å². The molecular formula is C38H28BrN3O4. The van der Waals surface area contributed by atoms with Crippen molar-refractivity contribution < 1.29 is 13.9 Å². The zero-order chi connectivity index (χ0) is 31.6. The molecule has 8 heteroatoms. The van der Waals surface area contributed by atoms with E-state index < -0.39 is 0 Å². The Morgan fingerprint density at radius 3 is 2.57 bits per heavy atom. The van der Waals surface area contributed by atoms with Gasteiger partial charge < -0.3 is 13.9 Å². The molecular weight excluding hydrogens is 642 g/mol. The number of ether oxygens (including phenoxy) is 2. The number of para-hydroxylation sites is 1. The molecule has 0 aliphatic heterocycles. The van der Waals surface area contributed by atoms with Gasteiger partial charge in [0.1, 0.15) is 12.2 Å². The van der Waals surface area contributed by atoms with Crippen molar-refractivity contribution in [3.63, 3.8) is 0 Å². The van der Waals surface area contributed by atoms with Crippen molar-refractivity contribution in [2.24, 2.45) is 5.10 Å². The van der Waals surface area contributed by atoms with E-state index in [1.807, 2.05) is 66.7 Å². The molecule has 0 spiro atoms. The van der Waals surface area contributed by atoms with E-state index >= 15 is 0 Å². The Hall–Kier alpha value is -5.47. The number of hydrogen-bond donors (Lipinski definition) is 0. The van der Waals surface area contributed by atoms with Crippen molar-refractivity contribution in [2.75, 3.05) is 7.11 Å². The molecule has 226 valence electrons. The summed E-state index contributed by atoms with van der Waals surface area (Å²) in [6.45, 7) is 4.31. The van der Waals surface area contributed by atoms with Crippen LogP contribution in [-0.4, -0.2) is 23.0 Å². The number of fused-ring (bicyclic) bond motifs is 3. The van der Waals surface area contributed by atoms with Crippen LogP contribution in [0.4, 0.5) is 0 Å². The Labute approximate surface area is 273 Å². The van der Waals surface area contributed by atoms with Crippen LogP contribution in [0.3, 0.4) is 0 Å². The molecule has 2 heterocycles. The molecule has 7 aromatic rings. The summed E-state index contributed by atoms with van der Waals surface area (Å²) in [6.07, 6.45) is 3.97. The molecule has 0 radical (unpaired) electrons. The smallest absolute Gasteiger partial charge is 0.282 e. The number of halogens is 1. The second-order valence-electron chi connectivity index (χ2n) is 10.7. The van der Waals surface area contributed by atoms with Gasteiger partial charge in [-0.3, -0.25) is 4.79 Å². The minimum atomic E-state index is -0.313. The van der Waals surface area contributed by atoms with Crippen molar-refractivity contribution in [3.05, 3.63) is 147 Å². The van der Waals surface area contributed by atoms with Crippen LogP contribution in [0.1, 0.15) is 16.7 Å². The average Bonchev–Trinajstić information content (AvgIpc) is 3.50. The first-order chi connectivity index (χ1) is 22.5. The van der Waals surface area contributed by atoms with Crippen LogP contribution in [0.25, 0.3) is 44.2 Å². The van der Waals surface area contributed by atoms with Crippen LogP contribution in [0.15, 0.2) is 135 Å². The average molecular weight is 671 g/mol. The molecule has 0 atom stereocenters. The SMILES string of the molecule is C=CCc1cc(C=Nn2c(-c3cc4cc(Br)ccc4o3)nc3ccccc3c2=O)cc(OC)c1OCc1cccc2ccccc12. The zero-order valence-electron chi connectivity index (χ0n) is 24.9. The van der Waals surface area contributed by atoms with Crippen molar-refractivity contribution in [1.82, 2.24) is 9.66 Å². The van der Waals surface area contributed by atoms with Gasteiger partial charge in [-0.2, -0.15) is 9.78 Å². The van der Waals surface area contributed by atoms with Gasteiger partial charge in [-0.1, -0.05) is 76.6 Å². The summed E-state index contributed by atoms with van der Waals surface area (Å²) in [4.78, 5) is 18.6. The lowest BCUT2D eigenvalue weighted by Crippen LogP contribution is -2.20. The van der Waals surface area contributed by atoms with Gasteiger partial charge in [0, 0.05) is 15.4 Å². The zero-order valence-corrected chi connectivity index (χ0v) is 26.5. The van der Waals surface area contributed by atoms with E-state index in [0.717, 1.165) is 31.8 Å². The molecule has 0 unspecified atom stereocenters. The molecule has 0 aliphatic carbocycles. The third-order valence-corrected chi connectivity index (χ3v) is 8.26. The number of aromatic nitrogens is 2. The number of furan rings is 1. The number of rotatable bonds is 9. The molecule has 0 N–H and O–H groups in total. The topological polar surface area (TPSA) is 78.9 Å². The highest BCUT2D eigenvalue weighted by molar-refractivity contribution is 9.10. The molecule has 2 aromatic heterocycles. The van der Waals surface area contributed by atoms with Crippen LogP contribution < -0.4 is 15.0 Å². The predicted molar refractivity (Wildman–Crippen MR) is 187 cm³/mol. The van der Waals surface area contributed by atoms with E-state index in [9.17, 15) is 4.79 Å². The van der Waals surface area contributed by atoms with E-state index in [1.54, 1.807) is 31.5 Å². The highest BCUT2D eigenvalue weighted by atomic mass is 79.9. The third-order valence-electron chi connectivity index (χ3n) is 7.77. The normalized spacial score (nSPS) is 11.5. The number of allylic oxidation sites excluding steroid dienone is 1. The molecule has 0 bridgehead atoms. The highest BCUT2D eigenvalue weighted by Gasteiger charge is 2.18. The first-order valence-electron chi connectivity index (χ1n) is 14.7. The summed E-state index contributed by atoms with van der Waals surface area (Å²) in [5, 5.41) is 8.27. The fourth-order valence-electron chi connectivity index (χ4n) is 5.59. The van der Waals surface area contributed by atoms with Crippen molar-refractivity contribution in [3.8, 4) is 23.1 Å². The summed E-state index contributed by atoms with van der Waals surface area (Å²) in [6, 6.07) is 33.0. The molecule has 0 fully saturated rings. The van der Waals surface area contributed by atoms with Gasteiger partial charge >= 0.3 is 0 Å². The first kappa shape index (κ1) is 29.3. The Bertz CT molecular complexity index is 2350. The quantitative estimate of drug-likeness (QED) is 0.113. The lowest BCUT2D eigenvalue weighted by molar-refractivity contribution is 0.283. The molecule has 46 heavy (non-hydrogen) atoms. The fourth-order valence-corrected chi connectivity index (χ4v) is 5.97. The van der Waals surface area contributed by atoms with Gasteiger partial charge in [-0.15, -0.1) is 6.58 Å². The third kappa shape index (κ3) is 5.59.